The zero-order valence-electron chi connectivity index (χ0n) is 6.66. The molecule has 0 aromatic carbocycles. The molecular formula is C9H10O3. The van der Waals surface area contributed by atoms with Gasteiger partial charge in [0.25, 0.3) is 0 Å². The van der Waals surface area contributed by atoms with E-state index in [0.29, 0.717) is 18.8 Å². The molecular weight excluding hydrogens is 156 g/mol. The summed E-state index contributed by atoms with van der Waals surface area (Å²) < 4.78 is 9.96. The molecule has 12 heavy (non-hydrogen) atoms. The Morgan fingerprint density at radius 2 is 2.50 bits per heavy atom. The highest BCUT2D eigenvalue weighted by atomic mass is 16.5. The Kier molecular flexibility index (Phi) is 1.96. The Labute approximate surface area is 70.3 Å². The van der Waals surface area contributed by atoms with Gasteiger partial charge < -0.3 is 9.15 Å². The molecule has 0 radical (unpaired) electrons. The van der Waals surface area contributed by atoms with E-state index in [1.165, 1.54) is 12.5 Å². The molecule has 1 aromatic heterocycles. The summed E-state index contributed by atoms with van der Waals surface area (Å²) in [6.07, 6.45) is 3.84. The summed E-state index contributed by atoms with van der Waals surface area (Å²) in [5, 5.41) is 0. The van der Waals surface area contributed by atoms with E-state index in [2.05, 4.69) is 0 Å². The monoisotopic (exact) mass is 166 g/mol. The van der Waals surface area contributed by atoms with Crippen molar-refractivity contribution >= 4 is 5.78 Å². The van der Waals surface area contributed by atoms with Crippen LogP contribution in [0.4, 0.5) is 0 Å². The van der Waals surface area contributed by atoms with Gasteiger partial charge in [-0.25, -0.2) is 0 Å². The third-order valence-electron chi connectivity index (χ3n) is 2.11. The molecule has 1 aliphatic heterocycles. The second-order valence-corrected chi connectivity index (χ2v) is 2.94. The quantitative estimate of drug-likeness (QED) is 0.625. The van der Waals surface area contributed by atoms with Crippen molar-refractivity contribution in [3.05, 3.63) is 24.2 Å². The number of rotatable bonds is 2. The topological polar surface area (TPSA) is 39.4 Å². The van der Waals surface area contributed by atoms with E-state index < -0.39 is 0 Å². The molecule has 0 N–H and O–H groups in total. The van der Waals surface area contributed by atoms with Crippen LogP contribution in [-0.2, 0) is 4.74 Å². The standard InChI is InChI=1S/C9H10O3/c10-9(7-1-3-11-5-7)8-2-4-12-6-8/h1,3,5,8H,2,4,6H2. The lowest BCUT2D eigenvalue weighted by molar-refractivity contribution is 0.0899. The van der Waals surface area contributed by atoms with Crippen LogP contribution >= 0.6 is 0 Å². The summed E-state index contributed by atoms with van der Waals surface area (Å²) >= 11 is 0. The van der Waals surface area contributed by atoms with E-state index in [-0.39, 0.29) is 11.7 Å². The van der Waals surface area contributed by atoms with E-state index in [1.807, 2.05) is 0 Å². The minimum atomic E-state index is 0.0441. The van der Waals surface area contributed by atoms with Crippen molar-refractivity contribution in [3.8, 4) is 0 Å². The molecule has 1 saturated heterocycles. The van der Waals surface area contributed by atoms with E-state index in [4.69, 9.17) is 9.15 Å². The van der Waals surface area contributed by atoms with Gasteiger partial charge >= 0.3 is 0 Å². The molecule has 1 atom stereocenters. The van der Waals surface area contributed by atoms with Crippen LogP contribution in [-0.4, -0.2) is 19.0 Å². The lowest BCUT2D eigenvalue weighted by atomic mass is 9.99. The molecule has 1 aliphatic rings. The molecule has 1 fully saturated rings. The van der Waals surface area contributed by atoms with Gasteiger partial charge in [-0.2, -0.15) is 0 Å². The maximum Gasteiger partial charge on any atom is 0.171 e. The minimum absolute atomic E-state index is 0.0441. The number of furan rings is 1. The smallest absolute Gasteiger partial charge is 0.171 e. The highest BCUT2D eigenvalue weighted by molar-refractivity contribution is 5.97. The molecule has 0 aliphatic carbocycles. The molecule has 2 rings (SSSR count). The van der Waals surface area contributed by atoms with Crippen molar-refractivity contribution < 1.29 is 13.9 Å². The highest BCUT2D eigenvalue weighted by Gasteiger charge is 2.24. The average molecular weight is 166 g/mol. The molecule has 0 amide bonds. The van der Waals surface area contributed by atoms with Crippen molar-refractivity contribution in [1.82, 2.24) is 0 Å². The SMILES string of the molecule is O=C(c1ccoc1)C1CCOC1. The number of Topliss-reactive ketones (excluding diaryl/α,β-unsaturated/α-hetero) is 1. The Morgan fingerprint density at radius 3 is 3.08 bits per heavy atom. The van der Waals surface area contributed by atoms with Crippen molar-refractivity contribution in [2.45, 2.75) is 6.42 Å². The van der Waals surface area contributed by atoms with Gasteiger partial charge in [-0.05, 0) is 12.5 Å². The van der Waals surface area contributed by atoms with Crippen LogP contribution in [0.3, 0.4) is 0 Å². The largest absolute Gasteiger partial charge is 0.472 e. The normalized spacial score (nSPS) is 22.8. The van der Waals surface area contributed by atoms with Crippen LogP contribution in [0.1, 0.15) is 16.8 Å². The number of ketones is 1. The van der Waals surface area contributed by atoms with Crippen LogP contribution in [0.5, 0.6) is 0 Å². The average Bonchev–Trinajstić information content (AvgIpc) is 2.77. The Balaban J connectivity index is 2.09. The lowest BCUT2D eigenvalue weighted by Crippen LogP contribution is -2.13. The number of hydrogen-bond donors (Lipinski definition) is 0. The Bertz CT molecular complexity index is 257. The van der Waals surface area contributed by atoms with Crippen LogP contribution in [0.15, 0.2) is 23.0 Å². The Morgan fingerprint density at radius 1 is 1.58 bits per heavy atom. The molecule has 64 valence electrons. The zero-order valence-corrected chi connectivity index (χ0v) is 6.66. The first-order valence-electron chi connectivity index (χ1n) is 4.02. The van der Waals surface area contributed by atoms with Gasteiger partial charge in [0, 0.05) is 12.5 Å². The molecule has 1 aromatic rings. The summed E-state index contributed by atoms with van der Waals surface area (Å²) in [5.74, 6) is 0.184. The first-order valence-corrected chi connectivity index (χ1v) is 4.02. The zero-order chi connectivity index (χ0) is 8.39. The summed E-state index contributed by atoms with van der Waals surface area (Å²) in [7, 11) is 0. The third-order valence-corrected chi connectivity index (χ3v) is 2.11. The number of carbonyl (C=O) groups is 1. The molecule has 3 nitrogen and oxygen atoms in total. The van der Waals surface area contributed by atoms with Crippen LogP contribution < -0.4 is 0 Å². The molecule has 0 spiro atoms. The van der Waals surface area contributed by atoms with Crippen LogP contribution in [0.2, 0.25) is 0 Å². The second kappa shape index (κ2) is 3.11. The van der Waals surface area contributed by atoms with Gasteiger partial charge in [-0.1, -0.05) is 0 Å². The Hall–Kier alpha value is -1.09. The third kappa shape index (κ3) is 1.28. The minimum Gasteiger partial charge on any atom is -0.472 e. The second-order valence-electron chi connectivity index (χ2n) is 2.94. The van der Waals surface area contributed by atoms with E-state index in [9.17, 15) is 4.79 Å². The summed E-state index contributed by atoms with van der Waals surface area (Å²) in [5.41, 5.74) is 0.658. The summed E-state index contributed by atoms with van der Waals surface area (Å²) in [6.45, 7) is 1.26. The number of hydrogen-bond acceptors (Lipinski definition) is 3. The summed E-state index contributed by atoms with van der Waals surface area (Å²) in [4.78, 5) is 11.6. The van der Waals surface area contributed by atoms with Crippen molar-refractivity contribution in [1.29, 1.82) is 0 Å². The van der Waals surface area contributed by atoms with Crippen molar-refractivity contribution in [2.75, 3.05) is 13.2 Å². The molecule has 1 unspecified atom stereocenters. The fraction of sp³-hybridized carbons (Fsp3) is 0.444. The van der Waals surface area contributed by atoms with E-state index in [1.54, 1.807) is 6.07 Å². The van der Waals surface area contributed by atoms with E-state index in [0.717, 1.165) is 6.42 Å². The van der Waals surface area contributed by atoms with Gasteiger partial charge in [-0.15, -0.1) is 0 Å². The number of carbonyl (C=O) groups excluding carboxylic acids is 1. The van der Waals surface area contributed by atoms with Crippen molar-refractivity contribution in [2.24, 2.45) is 5.92 Å². The first kappa shape index (κ1) is 7.55. The van der Waals surface area contributed by atoms with Gasteiger partial charge in [0.2, 0.25) is 0 Å². The highest BCUT2D eigenvalue weighted by Crippen LogP contribution is 2.18. The molecule has 0 saturated carbocycles. The van der Waals surface area contributed by atoms with Gasteiger partial charge in [-0.3, -0.25) is 4.79 Å². The van der Waals surface area contributed by atoms with E-state index >= 15 is 0 Å². The van der Waals surface area contributed by atoms with Gasteiger partial charge in [0.15, 0.2) is 5.78 Å². The lowest BCUT2D eigenvalue weighted by Gasteiger charge is -2.02. The maximum atomic E-state index is 11.6. The predicted molar refractivity (Wildman–Crippen MR) is 42.0 cm³/mol. The fourth-order valence-electron chi connectivity index (χ4n) is 1.38. The van der Waals surface area contributed by atoms with Gasteiger partial charge in [0.05, 0.1) is 18.4 Å². The van der Waals surface area contributed by atoms with Crippen LogP contribution in [0, 0.1) is 5.92 Å². The number of ether oxygens (including phenoxy) is 1. The first-order chi connectivity index (χ1) is 5.88. The molecule has 0 bridgehead atoms. The predicted octanol–water partition coefficient (Wildman–Crippen LogP) is 1.50. The van der Waals surface area contributed by atoms with Crippen molar-refractivity contribution in [3.63, 3.8) is 0 Å². The molecule has 3 heteroatoms. The molecule has 2 heterocycles. The summed E-state index contributed by atoms with van der Waals surface area (Å²) in [6, 6.07) is 1.70. The van der Waals surface area contributed by atoms with Gasteiger partial charge in [0.1, 0.15) is 6.26 Å². The van der Waals surface area contributed by atoms with Crippen LogP contribution in [0.25, 0.3) is 0 Å². The fourth-order valence-corrected chi connectivity index (χ4v) is 1.38. The maximum absolute atomic E-state index is 11.6.